The molecule has 9 aromatic carbocycles. The van der Waals surface area contributed by atoms with Crippen LogP contribution in [0.2, 0.25) is 0 Å². The van der Waals surface area contributed by atoms with Crippen molar-refractivity contribution in [1.82, 2.24) is 15.0 Å². The van der Waals surface area contributed by atoms with E-state index in [1.807, 2.05) is 54.6 Å². The van der Waals surface area contributed by atoms with Gasteiger partial charge >= 0.3 is 0 Å². The molecule has 0 amide bonds. The third-order valence-electron chi connectivity index (χ3n) is 10.7. The van der Waals surface area contributed by atoms with E-state index in [1.54, 1.807) is 0 Å². The predicted octanol–water partition coefficient (Wildman–Crippen LogP) is 13.6. The van der Waals surface area contributed by atoms with Crippen molar-refractivity contribution in [3.05, 3.63) is 188 Å². The van der Waals surface area contributed by atoms with Crippen LogP contribution in [0.3, 0.4) is 0 Å². The van der Waals surface area contributed by atoms with Crippen LogP contribution in [-0.2, 0) is 0 Å². The molecule has 4 heteroatoms. The van der Waals surface area contributed by atoms with Crippen molar-refractivity contribution in [1.29, 1.82) is 0 Å². The Balaban J connectivity index is 1.01. The van der Waals surface area contributed by atoms with Crippen LogP contribution in [0.15, 0.2) is 192 Å². The number of fused-ring (bicyclic) bond motifs is 8. The van der Waals surface area contributed by atoms with Gasteiger partial charge in [0, 0.05) is 27.5 Å². The zero-order valence-corrected chi connectivity index (χ0v) is 29.6. The lowest BCUT2D eigenvalue weighted by Crippen LogP contribution is -2.00. The van der Waals surface area contributed by atoms with Crippen LogP contribution in [0.5, 0.6) is 0 Å². The fraction of sp³-hybridized carbons (Fsp3) is 0. The molecule has 2 aromatic heterocycles. The Bertz CT molecular complexity index is 3220. The molecule has 0 fully saturated rings. The maximum absolute atomic E-state index is 6.17. The topological polar surface area (TPSA) is 51.8 Å². The van der Waals surface area contributed by atoms with Crippen molar-refractivity contribution in [3.63, 3.8) is 0 Å². The Kier molecular flexibility index (Phi) is 7.14. The minimum absolute atomic E-state index is 0.624. The summed E-state index contributed by atoms with van der Waals surface area (Å²) in [7, 11) is 0. The maximum atomic E-state index is 6.17. The zero-order chi connectivity index (χ0) is 36.3. The smallest absolute Gasteiger partial charge is 0.164 e. The molecule has 256 valence electrons. The second-order valence-electron chi connectivity index (χ2n) is 14.0. The first-order valence-corrected chi connectivity index (χ1v) is 18.5. The van der Waals surface area contributed by atoms with Crippen LogP contribution in [0.4, 0.5) is 0 Å². The summed E-state index contributed by atoms with van der Waals surface area (Å²) < 4.78 is 6.17. The summed E-state index contributed by atoms with van der Waals surface area (Å²) in [6.07, 6.45) is 0. The normalized spacial score (nSPS) is 11.6. The molecular formula is C51H31N3O. The summed E-state index contributed by atoms with van der Waals surface area (Å²) in [4.78, 5) is 15.1. The van der Waals surface area contributed by atoms with E-state index in [4.69, 9.17) is 19.4 Å². The third kappa shape index (κ3) is 5.26. The highest BCUT2D eigenvalue weighted by Crippen LogP contribution is 2.40. The predicted molar refractivity (Wildman–Crippen MR) is 227 cm³/mol. The largest absolute Gasteiger partial charge is 0.456 e. The van der Waals surface area contributed by atoms with Gasteiger partial charge in [0.05, 0.1) is 0 Å². The summed E-state index contributed by atoms with van der Waals surface area (Å²) >= 11 is 0. The van der Waals surface area contributed by atoms with Crippen molar-refractivity contribution in [2.45, 2.75) is 0 Å². The van der Waals surface area contributed by atoms with Gasteiger partial charge in [0.1, 0.15) is 11.2 Å². The summed E-state index contributed by atoms with van der Waals surface area (Å²) in [5.74, 6) is 1.89. The fourth-order valence-electron chi connectivity index (χ4n) is 8.07. The van der Waals surface area contributed by atoms with Gasteiger partial charge in [-0.15, -0.1) is 0 Å². The van der Waals surface area contributed by atoms with E-state index >= 15 is 0 Å². The first-order chi connectivity index (χ1) is 27.2. The van der Waals surface area contributed by atoms with Gasteiger partial charge in [0.25, 0.3) is 0 Å². The third-order valence-corrected chi connectivity index (χ3v) is 10.7. The van der Waals surface area contributed by atoms with E-state index in [0.29, 0.717) is 17.5 Å². The van der Waals surface area contributed by atoms with Crippen LogP contribution in [0.25, 0.3) is 111 Å². The molecular weight excluding hydrogens is 671 g/mol. The monoisotopic (exact) mass is 701 g/mol. The van der Waals surface area contributed by atoms with Crippen LogP contribution >= 0.6 is 0 Å². The second kappa shape index (κ2) is 12.6. The van der Waals surface area contributed by atoms with Gasteiger partial charge in [-0.2, -0.15) is 0 Å². The van der Waals surface area contributed by atoms with E-state index in [-0.39, 0.29) is 0 Å². The minimum atomic E-state index is 0.624. The molecule has 0 N–H and O–H groups in total. The molecule has 0 unspecified atom stereocenters. The zero-order valence-electron chi connectivity index (χ0n) is 29.6. The molecule has 0 aliphatic rings. The molecule has 4 nitrogen and oxygen atoms in total. The van der Waals surface area contributed by atoms with Gasteiger partial charge in [-0.3, -0.25) is 0 Å². The Hall–Kier alpha value is -7.43. The molecule has 2 heterocycles. The average Bonchev–Trinajstić information content (AvgIpc) is 3.65. The molecule has 0 saturated heterocycles. The van der Waals surface area contributed by atoms with Crippen LogP contribution in [0.1, 0.15) is 0 Å². The van der Waals surface area contributed by atoms with Crippen LogP contribution in [0, 0.1) is 0 Å². The molecule has 0 atom stereocenters. The number of hydrogen-bond acceptors (Lipinski definition) is 4. The number of para-hydroxylation sites is 1. The van der Waals surface area contributed by atoms with Gasteiger partial charge in [-0.25, -0.2) is 15.0 Å². The fourth-order valence-corrected chi connectivity index (χ4v) is 8.07. The van der Waals surface area contributed by atoms with E-state index in [2.05, 4.69) is 133 Å². The Labute approximate surface area is 317 Å². The highest BCUT2D eigenvalue weighted by atomic mass is 16.3. The van der Waals surface area contributed by atoms with E-state index in [0.717, 1.165) is 55.3 Å². The van der Waals surface area contributed by atoms with Gasteiger partial charge in [0.2, 0.25) is 0 Å². The quantitative estimate of drug-likeness (QED) is 0.168. The van der Waals surface area contributed by atoms with E-state index in [9.17, 15) is 0 Å². The van der Waals surface area contributed by atoms with Crippen molar-refractivity contribution >= 4 is 54.3 Å². The van der Waals surface area contributed by atoms with Gasteiger partial charge < -0.3 is 4.42 Å². The van der Waals surface area contributed by atoms with Gasteiger partial charge in [0.15, 0.2) is 17.5 Å². The SMILES string of the molecule is c1ccc(-c2nc(-c3ccc(-c4cc5ccccc5c5c4ccc4ccccc45)cc3)nc(-c3ccc(-c4cccc5oc6ccccc6c45)cc3)n2)cc1. The number of benzene rings is 9. The Morgan fingerprint density at radius 1 is 0.291 bits per heavy atom. The molecule has 11 rings (SSSR count). The summed E-state index contributed by atoms with van der Waals surface area (Å²) in [6.45, 7) is 0. The number of aromatic nitrogens is 3. The Morgan fingerprint density at radius 2 is 0.800 bits per heavy atom. The van der Waals surface area contributed by atoms with Crippen LogP contribution < -0.4 is 0 Å². The molecule has 0 saturated carbocycles. The maximum Gasteiger partial charge on any atom is 0.164 e. The van der Waals surface area contributed by atoms with Crippen molar-refractivity contribution in [2.24, 2.45) is 0 Å². The summed E-state index contributed by atoms with van der Waals surface area (Å²) in [5, 5.41) is 9.74. The minimum Gasteiger partial charge on any atom is -0.456 e. The molecule has 55 heavy (non-hydrogen) atoms. The lowest BCUT2D eigenvalue weighted by atomic mass is 9.90. The molecule has 0 radical (unpaired) electrons. The highest BCUT2D eigenvalue weighted by Gasteiger charge is 2.16. The molecule has 0 spiro atoms. The first-order valence-electron chi connectivity index (χ1n) is 18.5. The molecule has 11 aromatic rings. The van der Waals surface area contributed by atoms with Crippen molar-refractivity contribution in [2.75, 3.05) is 0 Å². The first kappa shape index (κ1) is 31.1. The average molecular weight is 702 g/mol. The second-order valence-corrected chi connectivity index (χ2v) is 14.0. The summed E-state index contributed by atoms with van der Waals surface area (Å²) in [5.41, 5.74) is 9.12. The molecule has 0 bridgehead atoms. The lowest BCUT2D eigenvalue weighted by Gasteiger charge is -2.14. The van der Waals surface area contributed by atoms with Crippen molar-refractivity contribution in [3.8, 4) is 56.4 Å². The number of furan rings is 1. The van der Waals surface area contributed by atoms with E-state index in [1.165, 1.54) is 37.9 Å². The lowest BCUT2D eigenvalue weighted by molar-refractivity contribution is 0.669. The number of nitrogens with zero attached hydrogens (tertiary/aromatic N) is 3. The van der Waals surface area contributed by atoms with Crippen LogP contribution in [-0.4, -0.2) is 15.0 Å². The highest BCUT2D eigenvalue weighted by molar-refractivity contribution is 6.24. The van der Waals surface area contributed by atoms with E-state index < -0.39 is 0 Å². The Morgan fingerprint density at radius 3 is 1.49 bits per heavy atom. The summed E-state index contributed by atoms with van der Waals surface area (Å²) in [6, 6.07) is 65.8. The number of hydrogen-bond donors (Lipinski definition) is 0. The van der Waals surface area contributed by atoms with Gasteiger partial charge in [-0.05, 0) is 72.8 Å². The van der Waals surface area contributed by atoms with Crippen molar-refractivity contribution < 1.29 is 4.42 Å². The van der Waals surface area contributed by atoms with Gasteiger partial charge in [-0.1, -0.05) is 170 Å². The molecule has 0 aliphatic carbocycles. The molecule has 0 aliphatic heterocycles. The standard InChI is InChI=1S/C51H31N3O/c1-2-12-35(13-3-1)49-52-50(36-25-21-33(22-26-36)40-18-10-20-46-48(40)43-17-8-9-19-45(43)55-46)54-51(53-49)37-27-23-34(24-28-37)44-31-38-14-5-7-16-41(38)47-39-15-6-4-11-32(39)29-30-42(44)47/h1-31H. The number of rotatable bonds is 5.